The third kappa shape index (κ3) is 1.05. The number of para-hydroxylation sites is 1. The van der Waals surface area contributed by atoms with E-state index in [1.807, 2.05) is 0 Å². The van der Waals surface area contributed by atoms with Crippen LogP contribution in [-0.2, 0) is 11.3 Å². The van der Waals surface area contributed by atoms with E-state index in [0.29, 0.717) is 6.23 Å². The summed E-state index contributed by atoms with van der Waals surface area (Å²) in [5, 5.41) is 0. The average Bonchev–Trinajstić information content (AvgIpc) is 2.65. The van der Waals surface area contributed by atoms with Crippen LogP contribution in [0.3, 0.4) is 0 Å². The number of benzene rings is 1. The molecule has 68 valence electrons. The lowest BCUT2D eigenvalue weighted by atomic mass is 10.1. The Balaban J connectivity index is 2.06. The summed E-state index contributed by atoms with van der Waals surface area (Å²) in [6, 6.07) is 8.55. The third-order valence-electron chi connectivity index (χ3n) is 2.93. The lowest BCUT2D eigenvalue weighted by Crippen LogP contribution is -2.35. The van der Waals surface area contributed by atoms with Gasteiger partial charge in [-0.25, -0.2) is 0 Å². The molecule has 1 fully saturated rings. The zero-order valence-electron chi connectivity index (χ0n) is 7.57. The van der Waals surface area contributed by atoms with Crippen LogP contribution in [-0.4, -0.2) is 12.8 Å². The minimum atomic E-state index is 0.356. The molecule has 0 unspecified atom stereocenters. The quantitative estimate of drug-likeness (QED) is 0.599. The second-order valence-electron chi connectivity index (χ2n) is 3.73. The van der Waals surface area contributed by atoms with Gasteiger partial charge in [0.05, 0.1) is 6.61 Å². The molecule has 0 bridgehead atoms. The van der Waals surface area contributed by atoms with Crippen LogP contribution in [0.1, 0.15) is 18.4 Å². The Labute approximate surface area is 78.1 Å². The highest BCUT2D eigenvalue weighted by molar-refractivity contribution is 5.55. The van der Waals surface area contributed by atoms with E-state index in [-0.39, 0.29) is 0 Å². The number of anilines is 1. The summed E-state index contributed by atoms with van der Waals surface area (Å²) >= 11 is 0. The molecule has 2 aliphatic rings. The molecule has 1 saturated heterocycles. The van der Waals surface area contributed by atoms with Crippen LogP contribution in [0, 0.1) is 0 Å². The number of rotatable bonds is 0. The average molecular weight is 175 g/mol. The van der Waals surface area contributed by atoms with Crippen LogP contribution in [0.15, 0.2) is 24.3 Å². The van der Waals surface area contributed by atoms with Crippen molar-refractivity contribution in [2.75, 3.05) is 11.4 Å². The number of hydrogen-bond donors (Lipinski definition) is 0. The Kier molecular flexibility index (Phi) is 1.56. The highest BCUT2D eigenvalue weighted by atomic mass is 16.5. The van der Waals surface area contributed by atoms with E-state index in [1.165, 1.54) is 24.1 Å². The molecule has 0 N–H and O–H groups in total. The molecule has 1 aromatic carbocycles. The van der Waals surface area contributed by atoms with E-state index in [2.05, 4.69) is 29.2 Å². The number of nitrogens with zero attached hydrogens (tertiary/aromatic N) is 1. The smallest absolute Gasteiger partial charge is 0.130 e. The molecule has 0 aliphatic carbocycles. The van der Waals surface area contributed by atoms with Crippen molar-refractivity contribution in [3.8, 4) is 0 Å². The molecule has 0 amide bonds. The van der Waals surface area contributed by atoms with Gasteiger partial charge < -0.3 is 9.64 Å². The fourth-order valence-electron chi connectivity index (χ4n) is 2.28. The molecular weight excluding hydrogens is 162 g/mol. The molecule has 2 aliphatic heterocycles. The van der Waals surface area contributed by atoms with Gasteiger partial charge >= 0.3 is 0 Å². The van der Waals surface area contributed by atoms with Gasteiger partial charge in [-0.05, 0) is 18.9 Å². The van der Waals surface area contributed by atoms with E-state index in [9.17, 15) is 0 Å². The molecule has 2 heteroatoms. The van der Waals surface area contributed by atoms with Crippen LogP contribution < -0.4 is 4.90 Å². The van der Waals surface area contributed by atoms with E-state index in [0.717, 1.165) is 13.2 Å². The van der Waals surface area contributed by atoms with E-state index in [4.69, 9.17) is 4.74 Å². The highest BCUT2D eigenvalue weighted by Crippen LogP contribution is 2.34. The SMILES string of the molecule is c1ccc2c(c1)CO[C@H]1CCCN21. The lowest BCUT2D eigenvalue weighted by Gasteiger charge is -2.33. The molecule has 0 spiro atoms. The maximum absolute atomic E-state index is 5.75. The zero-order chi connectivity index (χ0) is 8.67. The summed E-state index contributed by atoms with van der Waals surface area (Å²) in [5.74, 6) is 0. The van der Waals surface area contributed by atoms with Crippen molar-refractivity contribution in [3.05, 3.63) is 29.8 Å². The molecule has 1 aromatic rings. The first kappa shape index (κ1) is 7.39. The second kappa shape index (κ2) is 2.74. The van der Waals surface area contributed by atoms with Crippen molar-refractivity contribution < 1.29 is 4.74 Å². The summed E-state index contributed by atoms with van der Waals surface area (Å²) in [6.45, 7) is 1.94. The zero-order valence-corrected chi connectivity index (χ0v) is 7.57. The first-order valence-corrected chi connectivity index (χ1v) is 4.91. The summed E-state index contributed by atoms with van der Waals surface area (Å²) in [4.78, 5) is 2.39. The van der Waals surface area contributed by atoms with Crippen LogP contribution >= 0.6 is 0 Å². The molecule has 3 rings (SSSR count). The minimum absolute atomic E-state index is 0.356. The molecule has 2 nitrogen and oxygen atoms in total. The van der Waals surface area contributed by atoms with Crippen molar-refractivity contribution in [1.29, 1.82) is 0 Å². The Bertz CT molecular complexity index is 324. The molecule has 13 heavy (non-hydrogen) atoms. The summed E-state index contributed by atoms with van der Waals surface area (Å²) < 4.78 is 5.75. The predicted octanol–water partition coefficient (Wildman–Crippen LogP) is 2.14. The maximum atomic E-state index is 5.75. The van der Waals surface area contributed by atoms with Gasteiger partial charge in [0.2, 0.25) is 0 Å². The molecule has 0 radical (unpaired) electrons. The molecule has 1 atom stereocenters. The Morgan fingerprint density at radius 2 is 2.23 bits per heavy atom. The van der Waals surface area contributed by atoms with Crippen LogP contribution in [0.25, 0.3) is 0 Å². The number of hydrogen-bond acceptors (Lipinski definition) is 2. The molecule has 0 aromatic heterocycles. The maximum Gasteiger partial charge on any atom is 0.130 e. The van der Waals surface area contributed by atoms with Gasteiger partial charge in [-0.3, -0.25) is 0 Å². The van der Waals surface area contributed by atoms with Crippen LogP contribution in [0.4, 0.5) is 5.69 Å². The molecule has 2 heterocycles. The van der Waals surface area contributed by atoms with E-state index >= 15 is 0 Å². The first-order chi connectivity index (χ1) is 6.45. The van der Waals surface area contributed by atoms with Crippen LogP contribution in [0.5, 0.6) is 0 Å². The predicted molar refractivity (Wildman–Crippen MR) is 51.6 cm³/mol. The fraction of sp³-hybridized carbons (Fsp3) is 0.455. The Morgan fingerprint density at radius 3 is 3.23 bits per heavy atom. The minimum Gasteiger partial charge on any atom is -0.354 e. The molecule has 0 saturated carbocycles. The van der Waals surface area contributed by atoms with Gasteiger partial charge in [-0.1, -0.05) is 18.2 Å². The van der Waals surface area contributed by atoms with E-state index < -0.39 is 0 Å². The topological polar surface area (TPSA) is 12.5 Å². The first-order valence-electron chi connectivity index (χ1n) is 4.91. The molecular formula is C11H13NO. The van der Waals surface area contributed by atoms with Crippen LogP contribution in [0.2, 0.25) is 0 Å². The third-order valence-corrected chi connectivity index (χ3v) is 2.93. The number of fused-ring (bicyclic) bond motifs is 3. The van der Waals surface area contributed by atoms with Crippen molar-refractivity contribution >= 4 is 5.69 Å². The largest absolute Gasteiger partial charge is 0.354 e. The highest BCUT2D eigenvalue weighted by Gasteiger charge is 2.30. The van der Waals surface area contributed by atoms with Crippen molar-refractivity contribution in [3.63, 3.8) is 0 Å². The van der Waals surface area contributed by atoms with Gasteiger partial charge in [0.25, 0.3) is 0 Å². The van der Waals surface area contributed by atoms with E-state index in [1.54, 1.807) is 0 Å². The van der Waals surface area contributed by atoms with Gasteiger partial charge in [-0.15, -0.1) is 0 Å². The summed E-state index contributed by atoms with van der Waals surface area (Å²) in [7, 11) is 0. The standard InChI is InChI=1S/C11H13NO/c1-2-5-10-9(4-1)8-13-11-6-3-7-12(10)11/h1-2,4-5,11H,3,6-8H2/t11-/m0/s1. The number of ether oxygens (including phenoxy) is 1. The van der Waals surface area contributed by atoms with Crippen molar-refractivity contribution in [2.45, 2.75) is 25.7 Å². The van der Waals surface area contributed by atoms with Gasteiger partial charge in [0.1, 0.15) is 6.23 Å². The lowest BCUT2D eigenvalue weighted by molar-refractivity contribution is 0.0384. The fourth-order valence-corrected chi connectivity index (χ4v) is 2.28. The monoisotopic (exact) mass is 175 g/mol. The Hall–Kier alpha value is -1.02. The van der Waals surface area contributed by atoms with Gasteiger partial charge in [-0.2, -0.15) is 0 Å². The van der Waals surface area contributed by atoms with Crippen molar-refractivity contribution in [2.24, 2.45) is 0 Å². The van der Waals surface area contributed by atoms with Gasteiger partial charge in [0, 0.05) is 17.8 Å². The summed E-state index contributed by atoms with van der Waals surface area (Å²) in [6.07, 6.45) is 2.81. The Morgan fingerprint density at radius 1 is 1.31 bits per heavy atom. The van der Waals surface area contributed by atoms with Crippen molar-refractivity contribution in [1.82, 2.24) is 0 Å². The summed E-state index contributed by atoms with van der Waals surface area (Å²) in [5.41, 5.74) is 2.72. The second-order valence-corrected chi connectivity index (χ2v) is 3.73. The van der Waals surface area contributed by atoms with Gasteiger partial charge in [0.15, 0.2) is 0 Å². The normalized spacial score (nSPS) is 25.5.